The van der Waals surface area contributed by atoms with E-state index < -0.39 is 5.97 Å². The van der Waals surface area contributed by atoms with Crippen molar-refractivity contribution in [3.05, 3.63) is 28.0 Å². The molecule has 88 valence electrons. The number of hydrogen-bond acceptors (Lipinski definition) is 2. The van der Waals surface area contributed by atoms with Crippen molar-refractivity contribution in [3.8, 4) is 5.75 Å². The maximum Gasteiger partial charge on any atom is 0.303 e. The second-order valence-electron chi connectivity index (χ2n) is 3.33. The molecule has 0 saturated heterocycles. The Morgan fingerprint density at radius 3 is 2.81 bits per heavy atom. The quantitative estimate of drug-likeness (QED) is 0.907. The number of rotatable bonds is 5. The van der Waals surface area contributed by atoms with Gasteiger partial charge in [0, 0.05) is 12.5 Å². The number of aryl methyl sites for hydroxylation is 1. The van der Waals surface area contributed by atoms with Gasteiger partial charge in [-0.3, -0.25) is 4.79 Å². The van der Waals surface area contributed by atoms with Gasteiger partial charge in [0.2, 0.25) is 0 Å². The highest BCUT2D eigenvalue weighted by atomic mass is 79.9. The van der Waals surface area contributed by atoms with E-state index in [1.165, 1.54) is 19.2 Å². The van der Waals surface area contributed by atoms with Gasteiger partial charge in [-0.25, -0.2) is 4.39 Å². The van der Waals surface area contributed by atoms with Gasteiger partial charge in [0.25, 0.3) is 0 Å². The van der Waals surface area contributed by atoms with Crippen molar-refractivity contribution in [3.63, 3.8) is 0 Å². The van der Waals surface area contributed by atoms with Crippen molar-refractivity contribution in [1.82, 2.24) is 0 Å². The van der Waals surface area contributed by atoms with E-state index in [9.17, 15) is 9.18 Å². The summed E-state index contributed by atoms with van der Waals surface area (Å²) < 4.78 is 18.8. The van der Waals surface area contributed by atoms with Gasteiger partial charge in [-0.15, -0.1) is 0 Å². The first-order chi connectivity index (χ1) is 7.54. The predicted octanol–water partition coefficient (Wildman–Crippen LogP) is 3.00. The van der Waals surface area contributed by atoms with Crippen LogP contribution >= 0.6 is 15.9 Å². The number of benzene rings is 1. The molecule has 1 N–H and O–H groups in total. The maximum absolute atomic E-state index is 13.2. The minimum atomic E-state index is -0.848. The molecule has 0 aliphatic rings. The van der Waals surface area contributed by atoms with Crippen LogP contribution in [0, 0.1) is 5.82 Å². The fourth-order valence-electron chi connectivity index (χ4n) is 1.38. The molecule has 5 heteroatoms. The number of carboxylic acid groups (broad SMARTS) is 1. The van der Waals surface area contributed by atoms with E-state index in [2.05, 4.69) is 15.9 Å². The molecule has 0 fully saturated rings. The third-order valence-electron chi connectivity index (χ3n) is 2.14. The smallest absolute Gasteiger partial charge is 0.303 e. The number of halogens is 2. The Morgan fingerprint density at radius 1 is 1.56 bits per heavy atom. The molecule has 0 amide bonds. The summed E-state index contributed by atoms with van der Waals surface area (Å²) in [5.74, 6) is -0.810. The molecule has 0 unspecified atom stereocenters. The zero-order valence-corrected chi connectivity index (χ0v) is 10.4. The van der Waals surface area contributed by atoms with Gasteiger partial charge < -0.3 is 9.84 Å². The van der Waals surface area contributed by atoms with Crippen LogP contribution < -0.4 is 4.74 Å². The van der Waals surface area contributed by atoms with Crippen LogP contribution in [0.15, 0.2) is 16.6 Å². The van der Waals surface area contributed by atoms with Gasteiger partial charge in [0.1, 0.15) is 11.6 Å². The van der Waals surface area contributed by atoms with Crippen LogP contribution in [0.5, 0.6) is 5.75 Å². The van der Waals surface area contributed by atoms with Gasteiger partial charge in [-0.1, -0.05) is 0 Å². The molecular weight excluding hydrogens is 279 g/mol. The summed E-state index contributed by atoms with van der Waals surface area (Å²) in [7, 11) is 1.46. The molecule has 0 aliphatic heterocycles. The van der Waals surface area contributed by atoms with Crippen LogP contribution in [-0.2, 0) is 11.2 Å². The Morgan fingerprint density at radius 2 is 2.25 bits per heavy atom. The second kappa shape index (κ2) is 5.84. The fraction of sp³-hybridized carbons (Fsp3) is 0.364. The monoisotopic (exact) mass is 290 g/mol. The fourth-order valence-corrected chi connectivity index (χ4v) is 1.97. The normalized spacial score (nSPS) is 10.2. The first-order valence-corrected chi connectivity index (χ1v) is 5.57. The van der Waals surface area contributed by atoms with Gasteiger partial charge >= 0.3 is 5.97 Å². The molecule has 3 nitrogen and oxygen atoms in total. The lowest BCUT2D eigenvalue weighted by Gasteiger charge is -2.08. The Kier molecular flexibility index (Phi) is 4.73. The van der Waals surface area contributed by atoms with Gasteiger partial charge in [-0.05, 0) is 40.4 Å². The molecule has 0 heterocycles. The molecule has 1 aromatic carbocycles. The molecule has 1 aromatic rings. The Balaban J connectivity index is 2.78. The Labute approximate surface area is 101 Å². The summed E-state index contributed by atoms with van der Waals surface area (Å²) >= 11 is 3.30. The van der Waals surface area contributed by atoms with Gasteiger partial charge in [-0.2, -0.15) is 0 Å². The number of ether oxygens (including phenoxy) is 1. The van der Waals surface area contributed by atoms with Crippen molar-refractivity contribution in [1.29, 1.82) is 0 Å². The van der Waals surface area contributed by atoms with Crippen LogP contribution in [0.25, 0.3) is 0 Å². The van der Waals surface area contributed by atoms with Crippen LogP contribution in [0.2, 0.25) is 0 Å². The number of methoxy groups -OCH3 is 1. The highest BCUT2D eigenvalue weighted by Crippen LogP contribution is 2.30. The summed E-state index contributed by atoms with van der Waals surface area (Å²) in [5.41, 5.74) is 0.720. The summed E-state index contributed by atoms with van der Waals surface area (Å²) in [6, 6.07) is 2.67. The SMILES string of the molecule is COc1cc(F)cc(CCCC(=O)O)c1Br. The molecule has 16 heavy (non-hydrogen) atoms. The summed E-state index contributed by atoms with van der Waals surface area (Å²) in [4.78, 5) is 10.4. The first-order valence-electron chi connectivity index (χ1n) is 4.78. The molecule has 0 aliphatic carbocycles. The molecule has 0 radical (unpaired) electrons. The Hall–Kier alpha value is -1.10. The largest absolute Gasteiger partial charge is 0.495 e. The van der Waals surface area contributed by atoms with Crippen molar-refractivity contribution in [2.45, 2.75) is 19.3 Å². The van der Waals surface area contributed by atoms with E-state index in [1.54, 1.807) is 0 Å². The van der Waals surface area contributed by atoms with Gasteiger partial charge in [0.15, 0.2) is 0 Å². The lowest BCUT2D eigenvalue weighted by Crippen LogP contribution is -1.98. The van der Waals surface area contributed by atoms with Gasteiger partial charge in [0.05, 0.1) is 11.6 Å². The van der Waals surface area contributed by atoms with E-state index in [-0.39, 0.29) is 12.2 Å². The van der Waals surface area contributed by atoms with Crippen molar-refractivity contribution < 1.29 is 19.0 Å². The first kappa shape index (κ1) is 13.0. The maximum atomic E-state index is 13.2. The van der Waals surface area contributed by atoms with Crippen LogP contribution in [-0.4, -0.2) is 18.2 Å². The minimum Gasteiger partial charge on any atom is -0.495 e. The van der Waals surface area contributed by atoms with Crippen molar-refractivity contribution in [2.24, 2.45) is 0 Å². The summed E-state index contributed by atoms with van der Waals surface area (Å²) in [6.07, 6.45) is 1.05. The topological polar surface area (TPSA) is 46.5 Å². The average molecular weight is 291 g/mol. The lowest BCUT2D eigenvalue weighted by atomic mass is 10.1. The highest BCUT2D eigenvalue weighted by Gasteiger charge is 2.09. The third kappa shape index (κ3) is 3.48. The number of aliphatic carboxylic acids is 1. The molecule has 0 spiro atoms. The highest BCUT2D eigenvalue weighted by molar-refractivity contribution is 9.10. The van der Waals surface area contributed by atoms with Crippen molar-refractivity contribution >= 4 is 21.9 Å². The predicted molar refractivity (Wildman–Crippen MR) is 61.2 cm³/mol. The molecule has 0 aromatic heterocycles. The number of hydrogen-bond donors (Lipinski definition) is 1. The summed E-state index contributed by atoms with van der Waals surface area (Å²) in [6.45, 7) is 0. The zero-order valence-electron chi connectivity index (χ0n) is 8.80. The standard InChI is InChI=1S/C11H12BrFO3/c1-16-9-6-8(13)5-7(11(9)12)3-2-4-10(14)15/h5-6H,2-4H2,1H3,(H,14,15). The summed E-state index contributed by atoms with van der Waals surface area (Å²) in [5, 5.41) is 8.51. The van der Waals surface area contributed by atoms with E-state index in [1.807, 2.05) is 0 Å². The number of carbonyl (C=O) groups is 1. The Bertz CT molecular complexity index is 393. The average Bonchev–Trinajstić information content (AvgIpc) is 2.22. The lowest BCUT2D eigenvalue weighted by molar-refractivity contribution is -0.137. The van der Waals surface area contributed by atoms with E-state index in [0.717, 1.165) is 5.56 Å². The molecule has 1 rings (SSSR count). The second-order valence-corrected chi connectivity index (χ2v) is 4.12. The zero-order chi connectivity index (χ0) is 12.1. The minimum absolute atomic E-state index is 0.0747. The third-order valence-corrected chi connectivity index (χ3v) is 3.04. The van der Waals surface area contributed by atoms with E-state index in [0.29, 0.717) is 23.1 Å². The van der Waals surface area contributed by atoms with E-state index in [4.69, 9.17) is 9.84 Å². The molecule has 0 atom stereocenters. The van der Waals surface area contributed by atoms with E-state index >= 15 is 0 Å². The van der Waals surface area contributed by atoms with Crippen LogP contribution in [0.4, 0.5) is 4.39 Å². The number of carboxylic acids is 1. The van der Waals surface area contributed by atoms with Crippen LogP contribution in [0.3, 0.4) is 0 Å². The molecule has 0 saturated carbocycles. The van der Waals surface area contributed by atoms with Crippen molar-refractivity contribution in [2.75, 3.05) is 7.11 Å². The van der Waals surface area contributed by atoms with Crippen LogP contribution in [0.1, 0.15) is 18.4 Å². The molecule has 0 bridgehead atoms. The molecular formula is C11H12BrFO3.